The van der Waals surface area contributed by atoms with Crippen LogP contribution in [0.15, 0.2) is 6.07 Å². The average molecular weight is 214 g/mol. The molecule has 0 saturated carbocycles. The van der Waals surface area contributed by atoms with Crippen LogP contribution in [0.4, 0.5) is 0 Å². The third kappa shape index (κ3) is 1.26. The van der Waals surface area contributed by atoms with E-state index >= 15 is 0 Å². The van der Waals surface area contributed by atoms with Crippen LogP contribution >= 0.6 is 11.6 Å². The summed E-state index contributed by atoms with van der Waals surface area (Å²) in [7, 11) is 3.05. The molecule has 0 atom stereocenters. The Kier molecular flexibility index (Phi) is 2.17. The van der Waals surface area contributed by atoms with Gasteiger partial charge in [-0.3, -0.25) is 5.10 Å². The first-order valence-electron chi connectivity index (χ1n) is 3.89. The molecule has 74 valence electrons. The summed E-state index contributed by atoms with van der Waals surface area (Å²) < 4.78 is 10.1. The van der Waals surface area contributed by atoms with Crippen LogP contribution in [-0.4, -0.2) is 29.4 Å². The van der Waals surface area contributed by atoms with Gasteiger partial charge in [-0.15, -0.1) is 5.10 Å². The van der Waals surface area contributed by atoms with Gasteiger partial charge >= 0.3 is 0 Å². The highest BCUT2D eigenvalue weighted by Gasteiger charge is 2.13. The van der Waals surface area contributed by atoms with E-state index in [9.17, 15) is 0 Å². The van der Waals surface area contributed by atoms with E-state index in [1.807, 2.05) is 0 Å². The molecule has 0 spiro atoms. The van der Waals surface area contributed by atoms with Gasteiger partial charge in [0.25, 0.3) is 0 Å². The second-order valence-electron chi connectivity index (χ2n) is 2.61. The van der Waals surface area contributed by atoms with Gasteiger partial charge in [-0.05, 0) is 0 Å². The van der Waals surface area contributed by atoms with Gasteiger partial charge < -0.3 is 9.47 Å². The minimum atomic E-state index is 0.348. The number of ether oxygens (including phenoxy) is 2. The summed E-state index contributed by atoms with van der Waals surface area (Å²) >= 11 is 5.78. The Labute approximate surface area is 85.0 Å². The Morgan fingerprint density at radius 2 is 2.00 bits per heavy atom. The van der Waals surface area contributed by atoms with Crippen LogP contribution < -0.4 is 9.47 Å². The number of nitrogens with zero attached hydrogens (tertiary/aromatic N) is 2. The molecule has 0 aromatic carbocycles. The molecule has 2 rings (SSSR count). The number of hydrogen-bond acceptors (Lipinski definition) is 4. The maximum atomic E-state index is 5.78. The SMILES string of the molecule is COc1n[nH]c2cc(Cl)nc(OC)c12. The smallest absolute Gasteiger partial charge is 0.245 e. The summed E-state index contributed by atoms with van der Waals surface area (Å²) in [6, 6.07) is 1.66. The lowest BCUT2D eigenvalue weighted by Crippen LogP contribution is -1.90. The van der Waals surface area contributed by atoms with Crippen molar-refractivity contribution in [2.75, 3.05) is 14.2 Å². The number of methoxy groups -OCH3 is 2. The van der Waals surface area contributed by atoms with Crippen LogP contribution in [0.25, 0.3) is 10.9 Å². The standard InChI is InChI=1S/C8H8ClN3O2/c1-13-7-6-4(3-5(9)10-7)11-12-8(6)14-2/h3H,1-2H3,(H,11,12). The van der Waals surface area contributed by atoms with Crippen molar-refractivity contribution in [3.63, 3.8) is 0 Å². The molecule has 2 aromatic heterocycles. The maximum absolute atomic E-state index is 5.78. The molecule has 2 heterocycles. The van der Waals surface area contributed by atoms with Gasteiger partial charge in [0, 0.05) is 6.07 Å². The van der Waals surface area contributed by atoms with Crippen LogP contribution in [-0.2, 0) is 0 Å². The van der Waals surface area contributed by atoms with E-state index in [-0.39, 0.29) is 0 Å². The highest BCUT2D eigenvalue weighted by Crippen LogP contribution is 2.31. The molecule has 0 aliphatic rings. The number of hydrogen-bond donors (Lipinski definition) is 1. The van der Waals surface area contributed by atoms with Crippen molar-refractivity contribution >= 4 is 22.5 Å². The molecule has 6 heteroatoms. The van der Waals surface area contributed by atoms with Crippen LogP contribution in [0.5, 0.6) is 11.8 Å². The van der Waals surface area contributed by atoms with Crippen LogP contribution in [0, 0.1) is 0 Å². The highest BCUT2D eigenvalue weighted by molar-refractivity contribution is 6.30. The largest absolute Gasteiger partial charge is 0.480 e. The number of nitrogens with one attached hydrogen (secondary N) is 1. The summed E-state index contributed by atoms with van der Waals surface area (Å²) in [4.78, 5) is 4.00. The molecule has 14 heavy (non-hydrogen) atoms. The minimum Gasteiger partial charge on any atom is -0.480 e. The van der Waals surface area contributed by atoms with E-state index in [0.717, 1.165) is 5.52 Å². The third-order valence-corrected chi connectivity index (χ3v) is 2.03. The lowest BCUT2D eigenvalue weighted by Gasteiger charge is -2.01. The fraction of sp³-hybridized carbons (Fsp3) is 0.250. The topological polar surface area (TPSA) is 60.0 Å². The Morgan fingerprint density at radius 1 is 1.29 bits per heavy atom. The van der Waals surface area contributed by atoms with Gasteiger partial charge in [0.1, 0.15) is 10.5 Å². The van der Waals surface area contributed by atoms with E-state index in [0.29, 0.717) is 22.3 Å². The van der Waals surface area contributed by atoms with Gasteiger partial charge in [0.2, 0.25) is 11.8 Å². The summed E-state index contributed by atoms with van der Waals surface area (Å²) in [5, 5.41) is 7.75. The molecule has 0 aliphatic heterocycles. The molecule has 0 fully saturated rings. The number of pyridine rings is 1. The monoisotopic (exact) mass is 213 g/mol. The van der Waals surface area contributed by atoms with Crippen LogP contribution in [0.1, 0.15) is 0 Å². The average Bonchev–Trinajstić information content (AvgIpc) is 2.59. The van der Waals surface area contributed by atoms with E-state index in [1.54, 1.807) is 6.07 Å². The van der Waals surface area contributed by atoms with Gasteiger partial charge in [0.05, 0.1) is 19.7 Å². The fourth-order valence-corrected chi connectivity index (χ4v) is 1.43. The van der Waals surface area contributed by atoms with Crippen molar-refractivity contribution in [2.45, 2.75) is 0 Å². The quantitative estimate of drug-likeness (QED) is 0.771. The summed E-state index contributed by atoms with van der Waals surface area (Å²) in [6.45, 7) is 0. The van der Waals surface area contributed by atoms with Crippen LogP contribution in [0.2, 0.25) is 5.15 Å². The Morgan fingerprint density at radius 3 is 2.64 bits per heavy atom. The first kappa shape index (κ1) is 9.08. The van der Waals surface area contributed by atoms with Crippen molar-refractivity contribution < 1.29 is 9.47 Å². The molecule has 2 aromatic rings. The number of aromatic amines is 1. The number of halogens is 1. The molecule has 0 radical (unpaired) electrons. The normalized spacial score (nSPS) is 10.5. The first-order valence-corrected chi connectivity index (χ1v) is 4.26. The van der Waals surface area contributed by atoms with Crippen molar-refractivity contribution in [3.05, 3.63) is 11.2 Å². The van der Waals surface area contributed by atoms with E-state index < -0.39 is 0 Å². The predicted molar refractivity (Wildman–Crippen MR) is 52.0 cm³/mol. The lowest BCUT2D eigenvalue weighted by atomic mass is 10.3. The van der Waals surface area contributed by atoms with Gasteiger partial charge in [-0.25, -0.2) is 4.98 Å². The summed E-state index contributed by atoms with van der Waals surface area (Å²) in [6.07, 6.45) is 0. The molecule has 0 amide bonds. The molecule has 0 saturated heterocycles. The second kappa shape index (κ2) is 3.34. The zero-order valence-corrected chi connectivity index (χ0v) is 8.42. The first-order chi connectivity index (χ1) is 6.76. The Balaban J connectivity index is 2.78. The zero-order chi connectivity index (χ0) is 10.1. The lowest BCUT2D eigenvalue weighted by molar-refractivity contribution is 0.387. The van der Waals surface area contributed by atoms with Crippen LogP contribution in [0.3, 0.4) is 0 Å². The molecule has 0 bridgehead atoms. The summed E-state index contributed by atoms with van der Waals surface area (Å²) in [5.41, 5.74) is 0.735. The Bertz CT molecular complexity index is 469. The summed E-state index contributed by atoms with van der Waals surface area (Å²) in [5.74, 6) is 0.846. The van der Waals surface area contributed by atoms with Gasteiger partial charge in [-0.2, -0.15) is 0 Å². The molecule has 0 unspecified atom stereocenters. The van der Waals surface area contributed by atoms with Crippen molar-refractivity contribution in [3.8, 4) is 11.8 Å². The highest BCUT2D eigenvalue weighted by atomic mass is 35.5. The number of rotatable bonds is 2. The van der Waals surface area contributed by atoms with E-state index in [2.05, 4.69) is 15.2 Å². The number of aromatic nitrogens is 3. The van der Waals surface area contributed by atoms with E-state index in [4.69, 9.17) is 21.1 Å². The molecular weight excluding hydrogens is 206 g/mol. The Hall–Kier alpha value is -1.49. The second-order valence-corrected chi connectivity index (χ2v) is 3.00. The number of fused-ring (bicyclic) bond motifs is 1. The molecule has 1 N–H and O–H groups in total. The molecular formula is C8H8ClN3O2. The molecule has 5 nitrogen and oxygen atoms in total. The predicted octanol–water partition coefficient (Wildman–Crippen LogP) is 1.63. The van der Waals surface area contributed by atoms with E-state index in [1.165, 1.54) is 14.2 Å². The fourth-order valence-electron chi connectivity index (χ4n) is 1.25. The molecule has 0 aliphatic carbocycles. The number of H-pyrrole nitrogens is 1. The van der Waals surface area contributed by atoms with Crippen molar-refractivity contribution in [2.24, 2.45) is 0 Å². The van der Waals surface area contributed by atoms with Gasteiger partial charge in [0.15, 0.2) is 0 Å². The zero-order valence-electron chi connectivity index (χ0n) is 7.67. The van der Waals surface area contributed by atoms with Crippen molar-refractivity contribution in [1.29, 1.82) is 0 Å². The van der Waals surface area contributed by atoms with Crippen molar-refractivity contribution in [1.82, 2.24) is 15.2 Å². The van der Waals surface area contributed by atoms with Gasteiger partial charge in [-0.1, -0.05) is 11.6 Å². The maximum Gasteiger partial charge on any atom is 0.245 e. The minimum absolute atomic E-state index is 0.348. The third-order valence-electron chi connectivity index (χ3n) is 1.83.